The summed E-state index contributed by atoms with van der Waals surface area (Å²) in [5.74, 6) is 0. The van der Waals surface area contributed by atoms with Crippen LogP contribution in [0, 0.1) is 0 Å². The average Bonchev–Trinajstić information content (AvgIpc) is 2.92. The van der Waals surface area contributed by atoms with Crippen LogP contribution in [0.15, 0.2) is 27.4 Å². The van der Waals surface area contributed by atoms with Gasteiger partial charge in [0.05, 0.1) is 0 Å². The van der Waals surface area contributed by atoms with Crippen LogP contribution >= 0.6 is 38.6 Å². The number of fused-ring (bicyclic) bond motifs is 1. The highest BCUT2D eigenvalue weighted by Gasteiger charge is 2.24. The zero-order valence-corrected chi connectivity index (χ0v) is 12.9. The Morgan fingerprint density at radius 2 is 2.35 bits per heavy atom. The number of hydrogen-bond donors (Lipinski definition) is 0. The van der Waals surface area contributed by atoms with Crippen molar-refractivity contribution < 1.29 is 0 Å². The van der Waals surface area contributed by atoms with Gasteiger partial charge in [0.15, 0.2) is 0 Å². The molecule has 1 aliphatic rings. The third-order valence-corrected chi connectivity index (χ3v) is 6.06. The molecule has 0 amide bonds. The van der Waals surface area contributed by atoms with Crippen molar-refractivity contribution >= 4 is 38.6 Å². The molecule has 0 aromatic carbocycles. The van der Waals surface area contributed by atoms with E-state index in [1.54, 1.807) is 4.88 Å². The van der Waals surface area contributed by atoms with Crippen LogP contribution in [-0.4, -0.2) is 11.4 Å². The number of hydrogen-bond acceptors (Lipinski definition) is 3. The lowest BCUT2D eigenvalue weighted by Crippen LogP contribution is -2.32. The Morgan fingerprint density at radius 3 is 3.12 bits per heavy atom. The van der Waals surface area contributed by atoms with E-state index >= 15 is 0 Å². The lowest BCUT2D eigenvalue weighted by atomic mass is 10.0. The van der Waals surface area contributed by atoms with E-state index in [4.69, 9.17) is 0 Å². The molecule has 2 aromatic heterocycles. The molecule has 1 unspecified atom stereocenters. The molecule has 3 rings (SSSR count). The molecular formula is C13H14BrNS2. The second-order valence-electron chi connectivity index (χ2n) is 4.43. The summed E-state index contributed by atoms with van der Waals surface area (Å²) < 4.78 is 1.21. The van der Waals surface area contributed by atoms with E-state index in [2.05, 4.69) is 50.6 Å². The second kappa shape index (κ2) is 4.84. The van der Waals surface area contributed by atoms with Gasteiger partial charge in [0.25, 0.3) is 0 Å². The maximum absolute atomic E-state index is 3.53. The normalized spacial score (nSPS) is 20.5. The molecule has 1 atom stereocenters. The van der Waals surface area contributed by atoms with E-state index in [0.29, 0.717) is 6.04 Å². The number of rotatable bonds is 2. The van der Waals surface area contributed by atoms with Gasteiger partial charge in [-0.3, -0.25) is 4.90 Å². The average molecular weight is 328 g/mol. The predicted octanol–water partition coefficient (Wildman–Crippen LogP) is 4.69. The molecule has 17 heavy (non-hydrogen) atoms. The van der Waals surface area contributed by atoms with Crippen molar-refractivity contribution in [3.05, 3.63) is 42.7 Å². The standard InChI is InChI=1S/C13H14BrNS2/c1-9-12-3-5-16-13(12)2-4-15(9)7-11-6-10(14)8-17-11/h3,5-6,8-9H,2,4,7H2,1H3. The van der Waals surface area contributed by atoms with Gasteiger partial charge in [-0.15, -0.1) is 22.7 Å². The largest absolute Gasteiger partial charge is 0.291 e. The zero-order valence-electron chi connectivity index (χ0n) is 9.65. The highest BCUT2D eigenvalue weighted by molar-refractivity contribution is 9.10. The first-order chi connectivity index (χ1) is 8.24. The van der Waals surface area contributed by atoms with Gasteiger partial charge >= 0.3 is 0 Å². The van der Waals surface area contributed by atoms with Gasteiger partial charge in [0, 0.05) is 38.7 Å². The Kier molecular flexibility index (Phi) is 3.39. The van der Waals surface area contributed by atoms with Crippen molar-refractivity contribution in [3.8, 4) is 0 Å². The summed E-state index contributed by atoms with van der Waals surface area (Å²) in [5.41, 5.74) is 1.54. The summed E-state index contributed by atoms with van der Waals surface area (Å²) in [6.07, 6.45) is 1.21. The van der Waals surface area contributed by atoms with Crippen molar-refractivity contribution in [3.63, 3.8) is 0 Å². The van der Waals surface area contributed by atoms with Crippen molar-refractivity contribution in [2.45, 2.75) is 25.9 Å². The molecule has 0 aliphatic carbocycles. The minimum Gasteiger partial charge on any atom is -0.291 e. The summed E-state index contributed by atoms with van der Waals surface area (Å²) in [7, 11) is 0. The molecule has 0 spiro atoms. The van der Waals surface area contributed by atoms with E-state index in [0.717, 1.165) is 6.54 Å². The second-order valence-corrected chi connectivity index (χ2v) is 7.34. The van der Waals surface area contributed by atoms with Crippen molar-refractivity contribution in [1.29, 1.82) is 0 Å². The van der Waals surface area contributed by atoms with E-state index in [-0.39, 0.29) is 0 Å². The smallest absolute Gasteiger partial charge is 0.0334 e. The minimum atomic E-state index is 0.561. The third-order valence-electron chi connectivity index (χ3n) is 3.38. The fourth-order valence-corrected chi connectivity index (χ4v) is 4.85. The Hall–Kier alpha value is -0.160. The van der Waals surface area contributed by atoms with Crippen LogP contribution in [-0.2, 0) is 13.0 Å². The van der Waals surface area contributed by atoms with Gasteiger partial charge in [0.2, 0.25) is 0 Å². The van der Waals surface area contributed by atoms with Gasteiger partial charge in [-0.2, -0.15) is 0 Å². The van der Waals surface area contributed by atoms with Crippen LogP contribution in [0.4, 0.5) is 0 Å². The lowest BCUT2D eigenvalue weighted by molar-refractivity contribution is 0.193. The van der Waals surface area contributed by atoms with Gasteiger partial charge in [-0.25, -0.2) is 0 Å². The van der Waals surface area contributed by atoms with E-state index in [1.165, 1.54) is 27.9 Å². The summed E-state index contributed by atoms with van der Waals surface area (Å²) in [6.45, 7) is 4.59. The summed E-state index contributed by atoms with van der Waals surface area (Å²) in [5, 5.41) is 4.40. The fourth-order valence-electron chi connectivity index (χ4n) is 2.41. The molecule has 90 valence electrons. The van der Waals surface area contributed by atoms with Crippen molar-refractivity contribution in [2.24, 2.45) is 0 Å². The molecule has 1 aliphatic heterocycles. The van der Waals surface area contributed by atoms with Crippen molar-refractivity contribution in [1.82, 2.24) is 4.90 Å². The Labute approximate surface area is 118 Å². The molecule has 3 heterocycles. The third kappa shape index (κ3) is 2.36. The van der Waals surface area contributed by atoms with Gasteiger partial charge in [0.1, 0.15) is 0 Å². The first-order valence-corrected chi connectivity index (χ1v) is 8.32. The maximum Gasteiger partial charge on any atom is 0.0334 e. The summed E-state index contributed by atoms with van der Waals surface area (Å²) in [4.78, 5) is 5.61. The van der Waals surface area contributed by atoms with Gasteiger partial charge in [-0.1, -0.05) is 0 Å². The summed E-state index contributed by atoms with van der Waals surface area (Å²) in [6, 6.07) is 5.09. The van der Waals surface area contributed by atoms with E-state index < -0.39 is 0 Å². The lowest BCUT2D eigenvalue weighted by Gasteiger charge is -2.33. The number of halogens is 1. The first kappa shape index (κ1) is 11.9. The molecular weight excluding hydrogens is 314 g/mol. The van der Waals surface area contributed by atoms with Crippen LogP contribution in [0.25, 0.3) is 0 Å². The highest BCUT2D eigenvalue weighted by atomic mass is 79.9. The maximum atomic E-state index is 3.53. The zero-order chi connectivity index (χ0) is 11.8. The molecule has 1 nitrogen and oxygen atoms in total. The van der Waals surface area contributed by atoms with Crippen LogP contribution in [0.2, 0.25) is 0 Å². The fraction of sp³-hybridized carbons (Fsp3) is 0.385. The number of thiophene rings is 2. The molecule has 0 fully saturated rings. The van der Waals surface area contributed by atoms with Gasteiger partial charge in [-0.05, 0) is 52.4 Å². The van der Waals surface area contributed by atoms with E-state index in [9.17, 15) is 0 Å². The molecule has 4 heteroatoms. The monoisotopic (exact) mass is 327 g/mol. The molecule has 0 saturated carbocycles. The highest BCUT2D eigenvalue weighted by Crippen LogP contribution is 2.34. The molecule has 0 bridgehead atoms. The molecule has 0 N–H and O–H groups in total. The van der Waals surface area contributed by atoms with Crippen LogP contribution in [0.5, 0.6) is 0 Å². The SMILES string of the molecule is CC1c2ccsc2CCN1Cc1cc(Br)cs1. The predicted molar refractivity (Wildman–Crippen MR) is 78.9 cm³/mol. The quantitative estimate of drug-likeness (QED) is 0.773. The molecule has 0 radical (unpaired) electrons. The Bertz CT molecular complexity index is 517. The Balaban J connectivity index is 1.78. The van der Waals surface area contributed by atoms with Crippen LogP contribution in [0.1, 0.15) is 28.3 Å². The van der Waals surface area contributed by atoms with Crippen LogP contribution in [0.3, 0.4) is 0 Å². The minimum absolute atomic E-state index is 0.561. The molecule has 0 saturated heterocycles. The first-order valence-electron chi connectivity index (χ1n) is 5.77. The van der Waals surface area contributed by atoms with Crippen molar-refractivity contribution in [2.75, 3.05) is 6.54 Å². The van der Waals surface area contributed by atoms with Gasteiger partial charge < -0.3 is 0 Å². The molecule has 2 aromatic rings. The Morgan fingerprint density at radius 1 is 1.47 bits per heavy atom. The van der Waals surface area contributed by atoms with Crippen LogP contribution < -0.4 is 0 Å². The summed E-state index contributed by atoms with van der Waals surface area (Å²) >= 11 is 7.28. The van der Waals surface area contributed by atoms with E-state index in [1.807, 2.05) is 22.7 Å². The topological polar surface area (TPSA) is 3.24 Å². The number of nitrogens with zero attached hydrogens (tertiary/aromatic N) is 1.